The van der Waals surface area contributed by atoms with Crippen LogP contribution in [0, 0.1) is 0 Å². The van der Waals surface area contributed by atoms with Crippen molar-refractivity contribution in [2.45, 2.75) is 25.5 Å². The van der Waals surface area contributed by atoms with E-state index < -0.39 is 21.1 Å². The second kappa shape index (κ2) is 6.56. The van der Waals surface area contributed by atoms with Crippen LogP contribution in [0.2, 0.25) is 0 Å². The summed E-state index contributed by atoms with van der Waals surface area (Å²) >= 11 is 0. The standard InChI is InChI=1S/C13H19NO4S/c1-10(2)19(16,17)8-7-18-13(15)9-11-5-3-4-6-12(11)14/h3-6,10H,7-9,14H2,1-2H3. The molecule has 106 valence electrons. The normalized spacial score (nSPS) is 11.5. The predicted octanol–water partition coefficient (Wildman–Crippen LogP) is 1.18. The first-order chi connectivity index (χ1) is 8.83. The SMILES string of the molecule is CC(C)S(=O)(=O)CCOC(=O)Cc1ccccc1N. The molecule has 0 fully saturated rings. The number of ether oxygens (including phenoxy) is 1. The van der Waals surface area contributed by atoms with Crippen LogP contribution in [0.3, 0.4) is 0 Å². The molecule has 1 rings (SSSR count). The number of esters is 1. The smallest absolute Gasteiger partial charge is 0.310 e. The Morgan fingerprint density at radius 1 is 1.32 bits per heavy atom. The van der Waals surface area contributed by atoms with Crippen molar-refractivity contribution in [3.05, 3.63) is 29.8 Å². The Morgan fingerprint density at radius 2 is 1.95 bits per heavy atom. The van der Waals surface area contributed by atoms with Crippen molar-refractivity contribution in [3.63, 3.8) is 0 Å². The predicted molar refractivity (Wildman–Crippen MR) is 74.4 cm³/mol. The van der Waals surface area contributed by atoms with Gasteiger partial charge >= 0.3 is 5.97 Å². The summed E-state index contributed by atoms with van der Waals surface area (Å²) in [6.07, 6.45) is 0.0500. The summed E-state index contributed by atoms with van der Waals surface area (Å²) < 4.78 is 27.9. The number of carbonyl (C=O) groups excluding carboxylic acids is 1. The third kappa shape index (κ3) is 4.90. The first-order valence-corrected chi connectivity index (χ1v) is 7.75. The average Bonchev–Trinajstić information content (AvgIpc) is 2.31. The zero-order valence-electron chi connectivity index (χ0n) is 11.1. The van der Waals surface area contributed by atoms with Crippen LogP contribution in [0.25, 0.3) is 0 Å². The molecule has 0 saturated heterocycles. The Morgan fingerprint density at radius 3 is 2.53 bits per heavy atom. The maximum atomic E-state index is 11.5. The number of anilines is 1. The van der Waals surface area contributed by atoms with Crippen LogP contribution in [-0.4, -0.2) is 32.0 Å². The Hall–Kier alpha value is -1.56. The molecule has 2 N–H and O–H groups in total. The number of benzene rings is 1. The lowest BCUT2D eigenvalue weighted by Crippen LogP contribution is -2.22. The summed E-state index contributed by atoms with van der Waals surface area (Å²) in [5.41, 5.74) is 6.91. The highest BCUT2D eigenvalue weighted by atomic mass is 32.2. The number of nitrogens with two attached hydrogens (primary N) is 1. The average molecular weight is 285 g/mol. The monoisotopic (exact) mass is 285 g/mol. The molecule has 0 radical (unpaired) electrons. The lowest BCUT2D eigenvalue weighted by molar-refractivity contribution is -0.142. The number of para-hydroxylation sites is 1. The summed E-state index contributed by atoms with van der Waals surface area (Å²) in [5.74, 6) is -0.627. The molecular weight excluding hydrogens is 266 g/mol. The van der Waals surface area contributed by atoms with Crippen molar-refractivity contribution in [1.29, 1.82) is 0 Å². The van der Waals surface area contributed by atoms with Crippen molar-refractivity contribution < 1.29 is 17.9 Å². The van der Waals surface area contributed by atoms with E-state index in [-0.39, 0.29) is 18.8 Å². The van der Waals surface area contributed by atoms with E-state index >= 15 is 0 Å². The van der Waals surface area contributed by atoms with E-state index in [4.69, 9.17) is 10.5 Å². The fraction of sp³-hybridized carbons (Fsp3) is 0.462. The van der Waals surface area contributed by atoms with Crippen molar-refractivity contribution in [3.8, 4) is 0 Å². The quantitative estimate of drug-likeness (QED) is 0.626. The van der Waals surface area contributed by atoms with Crippen LogP contribution in [0.5, 0.6) is 0 Å². The summed E-state index contributed by atoms with van der Waals surface area (Å²) in [5, 5.41) is -0.462. The Bertz CT molecular complexity index is 537. The molecule has 5 nitrogen and oxygen atoms in total. The van der Waals surface area contributed by atoms with Gasteiger partial charge in [0.1, 0.15) is 6.61 Å². The lowest BCUT2D eigenvalue weighted by atomic mass is 10.1. The highest BCUT2D eigenvalue weighted by molar-refractivity contribution is 7.91. The summed E-state index contributed by atoms with van der Waals surface area (Å²) in [4.78, 5) is 11.5. The van der Waals surface area contributed by atoms with Gasteiger partial charge < -0.3 is 10.5 Å². The molecule has 0 heterocycles. The van der Waals surface area contributed by atoms with Crippen LogP contribution in [0.4, 0.5) is 5.69 Å². The van der Waals surface area contributed by atoms with Crippen molar-refractivity contribution in [1.82, 2.24) is 0 Å². The van der Waals surface area contributed by atoms with Gasteiger partial charge in [0.25, 0.3) is 0 Å². The summed E-state index contributed by atoms with van der Waals surface area (Å²) in [6.45, 7) is 3.08. The number of hydrogen-bond donors (Lipinski definition) is 1. The van der Waals surface area contributed by atoms with E-state index in [2.05, 4.69) is 0 Å². The zero-order chi connectivity index (χ0) is 14.5. The molecule has 0 aliphatic carbocycles. The minimum atomic E-state index is -3.18. The van der Waals surface area contributed by atoms with Gasteiger partial charge in [0, 0.05) is 5.69 Å². The van der Waals surface area contributed by atoms with Crippen LogP contribution in [-0.2, 0) is 25.8 Å². The van der Waals surface area contributed by atoms with Crippen molar-refractivity contribution in [2.75, 3.05) is 18.1 Å². The second-order valence-corrected chi connectivity index (χ2v) is 7.19. The molecule has 0 unspecified atom stereocenters. The first kappa shape index (κ1) is 15.5. The second-order valence-electron chi connectivity index (χ2n) is 4.51. The van der Waals surface area contributed by atoms with Gasteiger partial charge in [-0.3, -0.25) is 4.79 Å². The maximum absolute atomic E-state index is 11.5. The van der Waals surface area contributed by atoms with Crippen molar-refractivity contribution in [2.24, 2.45) is 0 Å². The van der Waals surface area contributed by atoms with E-state index in [9.17, 15) is 13.2 Å². The van der Waals surface area contributed by atoms with E-state index in [0.29, 0.717) is 11.3 Å². The molecule has 1 aromatic rings. The highest BCUT2D eigenvalue weighted by Gasteiger charge is 2.17. The van der Waals surface area contributed by atoms with Crippen molar-refractivity contribution >= 4 is 21.5 Å². The zero-order valence-corrected chi connectivity index (χ0v) is 11.9. The molecule has 0 aliphatic rings. The molecule has 19 heavy (non-hydrogen) atoms. The molecule has 0 aromatic heterocycles. The van der Waals surface area contributed by atoms with E-state index in [1.807, 2.05) is 0 Å². The van der Waals surface area contributed by atoms with Gasteiger partial charge in [0.2, 0.25) is 0 Å². The molecule has 0 amide bonds. The van der Waals surface area contributed by atoms with E-state index in [1.54, 1.807) is 38.1 Å². The lowest BCUT2D eigenvalue weighted by Gasteiger charge is -2.09. The molecule has 0 saturated carbocycles. The topological polar surface area (TPSA) is 86.5 Å². The molecule has 0 aliphatic heterocycles. The fourth-order valence-corrected chi connectivity index (χ4v) is 2.20. The number of hydrogen-bond acceptors (Lipinski definition) is 5. The van der Waals surface area contributed by atoms with Gasteiger partial charge in [-0.25, -0.2) is 8.42 Å². The minimum absolute atomic E-state index is 0.0500. The third-order valence-electron chi connectivity index (χ3n) is 2.74. The van der Waals surface area contributed by atoms with Gasteiger partial charge in [-0.1, -0.05) is 18.2 Å². The van der Waals surface area contributed by atoms with Crippen LogP contribution >= 0.6 is 0 Å². The summed E-state index contributed by atoms with van der Waals surface area (Å²) in [7, 11) is -3.18. The molecule has 0 spiro atoms. The van der Waals surface area contributed by atoms with Crippen LogP contribution < -0.4 is 5.73 Å². The Labute approximate surface area is 113 Å². The molecule has 0 atom stereocenters. The summed E-state index contributed by atoms with van der Waals surface area (Å²) in [6, 6.07) is 6.99. The highest BCUT2D eigenvalue weighted by Crippen LogP contribution is 2.11. The number of rotatable bonds is 6. The van der Waals surface area contributed by atoms with Gasteiger partial charge in [-0.2, -0.15) is 0 Å². The van der Waals surface area contributed by atoms with Crippen LogP contribution in [0.15, 0.2) is 24.3 Å². The molecule has 0 bridgehead atoms. The van der Waals surface area contributed by atoms with Gasteiger partial charge in [0.05, 0.1) is 17.4 Å². The van der Waals surface area contributed by atoms with E-state index in [0.717, 1.165) is 0 Å². The first-order valence-electron chi connectivity index (χ1n) is 6.03. The Balaban J connectivity index is 2.44. The van der Waals surface area contributed by atoms with Gasteiger partial charge in [-0.15, -0.1) is 0 Å². The number of nitrogen functional groups attached to an aromatic ring is 1. The van der Waals surface area contributed by atoms with Gasteiger partial charge in [0.15, 0.2) is 9.84 Å². The van der Waals surface area contributed by atoms with Crippen LogP contribution in [0.1, 0.15) is 19.4 Å². The molecule has 1 aromatic carbocycles. The van der Waals surface area contributed by atoms with E-state index in [1.165, 1.54) is 0 Å². The number of sulfone groups is 1. The molecule has 6 heteroatoms. The maximum Gasteiger partial charge on any atom is 0.310 e. The number of carbonyl (C=O) groups is 1. The third-order valence-corrected chi connectivity index (χ3v) is 4.91. The largest absolute Gasteiger partial charge is 0.464 e. The Kier molecular flexibility index (Phi) is 5.35. The minimum Gasteiger partial charge on any atom is -0.464 e. The van der Waals surface area contributed by atoms with Gasteiger partial charge in [-0.05, 0) is 25.5 Å². The molecular formula is C13H19NO4S. The fourth-order valence-electron chi connectivity index (χ4n) is 1.41.